The Morgan fingerprint density at radius 1 is 1.40 bits per heavy atom. The summed E-state index contributed by atoms with van der Waals surface area (Å²) in [7, 11) is 0. The van der Waals surface area contributed by atoms with Crippen molar-refractivity contribution < 1.29 is 0 Å². The summed E-state index contributed by atoms with van der Waals surface area (Å²) >= 11 is 5.74. The third-order valence-corrected chi connectivity index (χ3v) is 2.84. The maximum Gasteiger partial charge on any atom is 0.224 e. The second-order valence-electron chi connectivity index (χ2n) is 3.73. The highest BCUT2D eigenvalue weighted by Crippen LogP contribution is 2.14. The van der Waals surface area contributed by atoms with Gasteiger partial charge in [-0.1, -0.05) is 26.7 Å². The molecule has 0 aliphatic rings. The largest absolute Gasteiger partial charge is 0.369 e. The SMILES string of the molecule is CCC(CC)CNc1nc(Cl)ncc1C. The van der Waals surface area contributed by atoms with Crippen molar-refractivity contribution in [3.8, 4) is 0 Å². The van der Waals surface area contributed by atoms with Crippen LogP contribution in [-0.2, 0) is 0 Å². The summed E-state index contributed by atoms with van der Waals surface area (Å²) in [5.74, 6) is 1.54. The Hall–Kier alpha value is -0.830. The summed E-state index contributed by atoms with van der Waals surface area (Å²) in [6, 6.07) is 0. The van der Waals surface area contributed by atoms with E-state index in [1.165, 1.54) is 12.8 Å². The molecule has 1 heterocycles. The van der Waals surface area contributed by atoms with Crippen LogP contribution in [0.25, 0.3) is 0 Å². The number of hydrogen-bond acceptors (Lipinski definition) is 3. The monoisotopic (exact) mass is 227 g/mol. The molecule has 3 nitrogen and oxygen atoms in total. The van der Waals surface area contributed by atoms with E-state index in [4.69, 9.17) is 11.6 Å². The Bertz CT molecular complexity index is 311. The first-order chi connectivity index (χ1) is 7.17. The van der Waals surface area contributed by atoms with Crippen molar-refractivity contribution in [3.63, 3.8) is 0 Å². The second-order valence-corrected chi connectivity index (χ2v) is 4.07. The Labute approximate surface area is 96.3 Å². The topological polar surface area (TPSA) is 37.8 Å². The molecule has 0 aromatic carbocycles. The number of rotatable bonds is 5. The van der Waals surface area contributed by atoms with Gasteiger partial charge in [0.05, 0.1) is 0 Å². The van der Waals surface area contributed by atoms with Gasteiger partial charge in [-0.2, -0.15) is 0 Å². The van der Waals surface area contributed by atoms with Crippen LogP contribution in [0.4, 0.5) is 5.82 Å². The number of hydrogen-bond donors (Lipinski definition) is 1. The lowest BCUT2D eigenvalue weighted by Gasteiger charge is -2.14. The summed E-state index contributed by atoms with van der Waals surface area (Å²) < 4.78 is 0. The highest BCUT2D eigenvalue weighted by atomic mass is 35.5. The predicted octanol–water partition coefficient (Wildman–Crippen LogP) is 3.29. The van der Waals surface area contributed by atoms with Crippen LogP contribution in [0.5, 0.6) is 0 Å². The first-order valence-electron chi connectivity index (χ1n) is 5.40. The summed E-state index contributed by atoms with van der Waals surface area (Å²) in [6.45, 7) is 7.33. The number of nitrogens with one attached hydrogen (secondary N) is 1. The molecule has 0 unspecified atom stereocenters. The summed E-state index contributed by atoms with van der Waals surface area (Å²) in [6.07, 6.45) is 4.10. The smallest absolute Gasteiger partial charge is 0.224 e. The van der Waals surface area contributed by atoms with Crippen LogP contribution in [0.1, 0.15) is 32.3 Å². The van der Waals surface area contributed by atoms with E-state index in [9.17, 15) is 0 Å². The van der Waals surface area contributed by atoms with Gasteiger partial charge in [-0.15, -0.1) is 0 Å². The van der Waals surface area contributed by atoms with Gasteiger partial charge in [0.1, 0.15) is 5.82 Å². The van der Waals surface area contributed by atoms with Crippen molar-refractivity contribution in [3.05, 3.63) is 17.0 Å². The zero-order valence-corrected chi connectivity index (χ0v) is 10.3. The second kappa shape index (κ2) is 5.91. The number of halogens is 1. The molecule has 0 saturated carbocycles. The number of aryl methyl sites for hydroxylation is 1. The Morgan fingerprint density at radius 3 is 2.67 bits per heavy atom. The average molecular weight is 228 g/mol. The predicted molar refractivity (Wildman–Crippen MR) is 64.3 cm³/mol. The van der Waals surface area contributed by atoms with Gasteiger partial charge in [0, 0.05) is 18.3 Å². The first-order valence-corrected chi connectivity index (χ1v) is 5.78. The maximum atomic E-state index is 5.74. The number of aromatic nitrogens is 2. The lowest BCUT2D eigenvalue weighted by Crippen LogP contribution is -2.14. The zero-order valence-electron chi connectivity index (χ0n) is 9.55. The molecule has 84 valence electrons. The van der Waals surface area contributed by atoms with Gasteiger partial charge in [-0.05, 0) is 24.4 Å². The normalized spacial score (nSPS) is 10.7. The molecule has 0 amide bonds. The van der Waals surface area contributed by atoms with Crippen LogP contribution < -0.4 is 5.32 Å². The molecule has 0 aliphatic heterocycles. The molecule has 0 fully saturated rings. The molecule has 0 radical (unpaired) electrons. The van der Waals surface area contributed by atoms with Crippen LogP contribution in [0.15, 0.2) is 6.20 Å². The molecular weight excluding hydrogens is 210 g/mol. The molecule has 15 heavy (non-hydrogen) atoms. The Morgan fingerprint density at radius 2 is 2.07 bits per heavy atom. The Kier molecular flexibility index (Phi) is 4.82. The summed E-state index contributed by atoms with van der Waals surface area (Å²) in [5, 5.41) is 3.62. The van der Waals surface area contributed by atoms with Gasteiger partial charge in [0.25, 0.3) is 0 Å². The molecule has 1 rings (SSSR count). The average Bonchev–Trinajstić information content (AvgIpc) is 2.24. The molecule has 4 heteroatoms. The molecule has 1 aromatic rings. The molecule has 0 aliphatic carbocycles. The third kappa shape index (κ3) is 3.67. The van der Waals surface area contributed by atoms with E-state index in [1.54, 1.807) is 6.20 Å². The van der Waals surface area contributed by atoms with Gasteiger partial charge in [-0.25, -0.2) is 9.97 Å². The van der Waals surface area contributed by atoms with Crippen LogP contribution in [0.2, 0.25) is 5.28 Å². The van der Waals surface area contributed by atoms with Crippen molar-refractivity contribution in [2.24, 2.45) is 5.92 Å². The van der Waals surface area contributed by atoms with E-state index in [1.807, 2.05) is 6.92 Å². The molecule has 0 bridgehead atoms. The maximum absolute atomic E-state index is 5.74. The van der Waals surface area contributed by atoms with Crippen LogP contribution >= 0.6 is 11.6 Å². The van der Waals surface area contributed by atoms with Gasteiger partial charge >= 0.3 is 0 Å². The molecule has 1 aromatic heterocycles. The van der Waals surface area contributed by atoms with Crippen LogP contribution in [0, 0.1) is 12.8 Å². The van der Waals surface area contributed by atoms with Crippen LogP contribution in [0.3, 0.4) is 0 Å². The number of nitrogens with zero attached hydrogens (tertiary/aromatic N) is 2. The highest BCUT2D eigenvalue weighted by Gasteiger charge is 2.06. The highest BCUT2D eigenvalue weighted by molar-refractivity contribution is 6.28. The van der Waals surface area contributed by atoms with E-state index in [0.29, 0.717) is 11.2 Å². The fourth-order valence-electron chi connectivity index (χ4n) is 1.42. The van der Waals surface area contributed by atoms with Gasteiger partial charge < -0.3 is 5.32 Å². The standard InChI is InChI=1S/C11H18ClN3/c1-4-9(5-2)7-13-10-8(3)6-14-11(12)15-10/h6,9H,4-5,7H2,1-3H3,(H,13,14,15). The number of anilines is 1. The van der Waals surface area contributed by atoms with Crippen molar-refractivity contribution in [2.75, 3.05) is 11.9 Å². The van der Waals surface area contributed by atoms with Gasteiger partial charge in [-0.3, -0.25) is 0 Å². The summed E-state index contributed by atoms with van der Waals surface area (Å²) in [5.41, 5.74) is 1.03. The molecular formula is C11H18ClN3. The van der Waals surface area contributed by atoms with E-state index in [-0.39, 0.29) is 0 Å². The fourth-order valence-corrected chi connectivity index (χ4v) is 1.55. The van der Waals surface area contributed by atoms with E-state index in [2.05, 4.69) is 29.1 Å². The van der Waals surface area contributed by atoms with Crippen molar-refractivity contribution in [1.29, 1.82) is 0 Å². The van der Waals surface area contributed by atoms with Crippen molar-refractivity contribution in [1.82, 2.24) is 9.97 Å². The van der Waals surface area contributed by atoms with Crippen LogP contribution in [-0.4, -0.2) is 16.5 Å². The minimum absolute atomic E-state index is 0.299. The molecule has 0 atom stereocenters. The first kappa shape index (κ1) is 12.2. The molecule has 0 spiro atoms. The Balaban J connectivity index is 2.60. The van der Waals surface area contributed by atoms with Crippen molar-refractivity contribution >= 4 is 17.4 Å². The fraction of sp³-hybridized carbons (Fsp3) is 0.636. The minimum Gasteiger partial charge on any atom is -0.369 e. The summed E-state index contributed by atoms with van der Waals surface area (Å²) in [4.78, 5) is 8.08. The lowest BCUT2D eigenvalue weighted by atomic mass is 10.0. The minimum atomic E-state index is 0.299. The molecule has 1 N–H and O–H groups in total. The third-order valence-electron chi connectivity index (χ3n) is 2.66. The quantitative estimate of drug-likeness (QED) is 0.785. The van der Waals surface area contributed by atoms with Gasteiger partial charge in [0.2, 0.25) is 5.28 Å². The van der Waals surface area contributed by atoms with E-state index >= 15 is 0 Å². The lowest BCUT2D eigenvalue weighted by molar-refractivity contribution is 0.518. The molecule has 0 saturated heterocycles. The van der Waals surface area contributed by atoms with Gasteiger partial charge in [0.15, 0.2) is 0 Å². The zero-order chi connectivity index (χ0) is 11.3. The van der Waals surface area contributed by atoms with Crippen molar-refractivity contribution in [2.45, 2.75) is 33.6 Å². The van der Waals surface area contributed by atoms with E-state index in [0.717, 1.165) is 17.9 Å². The van der Waals surface area contributed by atoms with E-state index < -0.39 is 0 Å².